The minimum Gasteiger partial charge on any atom is -0.457 e. The fourth-order valence-corrected chi connectivity index (χ4v) is 6.82. The number of phosphoric acid groups is 1. The number of hydrogen-bond donors (Lipinski definition) is 2. The van der Waals surface area contributed by atoms with Gasteiger partial charge in [-0.1, -0.05) is 174 Å². The van der Waals surface area contributed by atoms with Gasteiger partial charge in [-0.05, 0) is 38.5 Å². The van der Waals surface area contributed by atoms with Gasteiger partial charge < -0.3 is 20.1 Å². The van der Waals surface area contributed by atoms with Crippen LogP contribution in [0.25, 0.3) is 0 Å². The molecule has 0 saturated carbocycles. The second-order valence-corrected chi connectivity index (χ2v) is 15.7. The van der Waals surface area contributed by atoms with Gasteiger partial charge in [-0.2, -0.15) is 0 Å². The van der Waals surface area contributed by atoms with Gasteiger partial charge in [0.05, 0.1) is 19.8 Å². The standard InChI is InChI=1S/C41H82NO7P/c1-3-5-7-9-11-13-15-17-18-19-20-21-22-24-26-28-30-32-34-41(43)49-40(39-48-50(44,45)47-37-35-42)38-46-36-33-31-29-27-25-23-16-14-12-10-8-6-4-2/h18-19,40H,3-17,20-39,42H2,1-2H3,(H,44,45)/b19-18-. The fourth-order valence-electron chi connectivity index (χ4n) is 6.05. The SMILES string of the molecule is CCCCCCCCC/C=C\CCCCCCCCCC(=O)OC(COCCCCCCCCCCCCCCC)COP(=O)(O)OCCN. The summed E-state index contributed by atoms with van der Waals surface area (Å²) in [7, 11) is -4.27. The monoisotopic (exact) mass is 732 g/mol. The van der Waals surface area contributed by atoms with Crippen molar-refractivity contribution in [3.05, 3.63) is 12.2 Å². The molecule has 0 fully saturated rings. The molecular weight excluding hydrogens is 649 g/mol. The van der Waals surface area contributed by atoms with E-state index in [9.17, 15) is 14.3 Å². The predicted molar refractivity (Wildman–Crippen MR) is 210 cm³/mol. The molecule has 0 aromatic carbocycles. The number of nitrogens with two attached hydrogens (primary N) is 1. The lowest BCUT2D eigenvalue weighted by Gasteiger charge is -2.20. The molecule has 0 aliphatic heterocycles. The van der Waals surface area contributed by atoms with E-state index in [1.165, 1.54) is 154 Å². The van der Waals surface area contributed by atoms with Crippen LogP contribution in [0.5, 0.6) is 0 Å². The Morgan fingerprint density at radius 3 is 1.46 bits per heavy atom. The average molecular weight is 732 g/mol. The zero-order valence-corrected chi connectivity index (χ0v) is 33.8. The summed E-state index contributed by atoms with van der Waals surface area (Å²) in [6, 6.07) is 0. The zero-order chi connectivity index (χ0) is 36.6. The molecule has 0 aromatic heterocycles. The van der Waals surface area contributed by atoms with E-state index in [1.54, 1.807) is 0 Å². The molecule has 0 saturated heterocycles. The molecule has 0 aliphatic carbocycles. The van der Waals surface area contributed by atoms with Crippen molar-refractivity contribution in [1.29, 1.82) is 0 Å². The molecular formula is C41H82NO7P. The number of carbonyl (C=O) groups excluding carboxylic acids is 1. The topological polar surface area (TPSA) is 117 Å². The molecule has 0 aliphatic rings. The maximum absolute atomic E-state index is 12.6. The van der Waals surface area contributed by atoms with Gasteiger partial charge in [0.1, 0.15) is 6.10 Å². The minimum atomic E-state index is -4.27. The summed E-state index contributed by atoms with van der Waals surface area (Å²) in [6.07, 6.45) is 40.8. The smallest absolute Gasteiger partial charge is 0.457 e. The van der Waals surface area contributed by atoms with Crippen molar-refractivity contribution in [3.63, 3.8) is 0 Å². The highest BCUT2D eigenvalue weighted by molar-refractivity contribution is 7.47. The molecule has 0 spiro atoms. The van der Waals surface area contributed by atoms with Crippen LogP contribution in [-0.4, -0.2) is 49.9 Å². The molecule has 0 bridgehead atoms. The van der Waals surface area contributed by atoms with Crippen LogP contribution in [0.15, 0.2) is 12.2 Å². The molecule has 2 unspecified atom stereocenters. The first-order valence-corrected chi connectivity index (χ1v) is 22.7. The van der Waals surface area contributed by atoms with Crippen molar-refractivity contribution < 1.29 is 32.8 Å². The predicted octanol–water partition coefficient (Wildman–Crippen LogP) is 12.3. The van der Waals surface area contributed by atoms with E-state index < -0.39 is 13.9 Å². The van der Waals surface area contributed by atoms with Crippen LogP contribution < -0.4 is 5.73 Å². The molecule has 0 heterocycles. The Balaban J connectivity index is 4.01. The largest absolute Gasteiger partial charge is 0.472 e. The highest BCUT2D eigenvalue weighted by Crippen LogP contribution is 2.43. The Hall–Kier alpha value is -0.760. The Labute approximate surface area is 309 Å². The lowest BCUT2D eigenvalue weighted by Crippen LogP contribution is -2.28. The zero-order valence-electron chi connectivity index (χ0n) is 32.9. The highest BCUT2D eigenvalue weighted by Gasteiger charge is 2.25. The highest BCUT2D eigenvalue weighted by atomic mass is 31.2. The first-order valence-electron chi connectivity index (χ1n) is 21.2. The normalized spacial score (nSPS) is 13.6. The lowest BCUT2D eigenvalue weighted by molar-refractivity contribution is -0.154. The van der Waals surface area contributed by atoms with Crippen molar-refractivity contribution in [2.24, 2.45) is 5.73 Å². The third kappa shape index (κ3) is 38.5. The van der Waals surface area contributed by atoms with Crippen LogP contribution in [0, 0.1) is 0 Å². The maximum atomic E-state index is 12.6. The van der Waals surface area contributed by atoms with Crippen molar-refractivity contribution in [2.45, 2.75) is 213 Å². The third-order valence-electron chi connectivity index (χ3n) is 9.18. The minimum absolute atomic E-state index is 0.0931. The number of unbranched alkanes of at least 4 members (excludes halogenated alkanes) is 26. The average Bonchev–Trinajstić information content (AvgIpc) is 3.10. The van der Waals surface area contributed by atoms with Gasteiger partial charge in [0.15, 0.2) is 0 Å². The summed E-state index contributed by atoms with van der Waals surface area (Å²) < 4.78 is 33.4. The van der Waals surface area contributed by atoms with Gasteiger partial charge in [0.25, 0.3) is 0 Å². The number of phosphoric ester groups is 1. The van der Waals surface area contributed by atoms with Crippen molar-refractivity contribution >= 4 is 13.8 Å². The summed E-state index contributed by atoms with van der Waals surface area (Å²) in [6.45, 7) is 4.95. The van der Waals surface area contributed by atoms with E-state index in [-0.39, 0.29) is 32.3 Å². The van der Waals surface area contributed by atoms with E-state index >= 15 is 0 Å². The molecule has 0 rings (SSSR count). The van der Waals surface area contributed by atoms with Gasteiger partial charge in [-0.25, -0.2) is 4.57 Å². The van der Waals surface area contributed by atoms with Crippen molar-refractivity contribution in [1.82, 2.24) is 0 Å². The number of esters is 1. The van der Waals surface area contributed by atoms with Gasteiger partial charge in [-0.3, -0.25) is 13.8 Å². The third-order valence-corrected chi connectivity index (χ3v) is 10.2. The second kappa shape index (κ2) is 39.4. The van der Waals surface area contributed by atoms with Gasteiger partial charge in [0.2, 0.25) is 0 Å². The van der Waals surface area contributed by atoms with Crippen LogP contribution in [0.3, 0.4) is 0 Å². The molecule has 298 valence electrons. The quantitative estimate of drug-likeness (QED) is 0.0276. The van der Waals surface area contributed by atoms with Gasteiger partial charge in [0, 0.05) is 19.6 Å². The molecule has 3 N–H and O–H groups in total. The molecule has 50 heavy (non-hydrogen) atoms. The summed E-state index contributed by atoms with van der Waals surface area (Å²) in [4.78, 5) is 22.4. The molecule has 0 radical (unpaired) electrons. The van der Waals surface area contributed by atoms with E-state index in [0.29, 0.717) is 13.0 Å². The van der Waals surface area contributed by atoms with Crippen LogP contribution >= 0.6 is 7.82 Å². The van der Waals surface area contributed by atoms with Crippen LogP contribution in [0.1, 0.15) is 206 Å². The van der Waals surface area contributed by atoms with E-state index in [0.717, 1.165) is 32.1 Å². The van der Waals surface area contributed by atoms with Crippen LogP contribution in [0.4, 0.5) is 0 Å². The first-order chi connectivity index (χ1) is 24.4. The molecule has 8 nitrogen and oxygen atoms in total. The van der Waals surface area contributed by atoms with Gasteiger partial charge >= 0.3 is 13.8 Å². The number of hydrogen-bond acceptors (Lipinski definition) is 7. The maximum Gasteiger partial charge on any atom is 0.472 e. The Morgan fingerprint density at radius 1 is 0.580 bits per heavy atom. The first kappa shape index (κ1) is 49.2. The second-order valence-electron chi connectivity index (χ2n) is 14.2. The Kier molecular flexibility index (Phi) is 38.8. The number of rotatable bonds is 41. The van der Waals surface area contributed by atoms with Crippen molar-refractivity contribution in [2.75, 3.05) is 33.0 Å². The molecule has 0 aromatic rings. The fraction of sp³-hybridized carbons (Fsp3) is 0.927. The van der Waals surface area contributed by atoms with Crippen LogP contribution in [-0.2, 0) is 27.9 Å². The summed E-state index contributed by atoms with van der Waals surface area (Å²) in [5.74, 6) is -0.331. The molecule has 0 amide bonds. The summed E-state index contributed by atoms with van der Waals surface area (Å²) >= 11 is 0. The van der Waals surface area contributed by atoms with E-state index in [1.807, 2.05) is 0 Å². The van der Waals surface area contributed by atoms with E-state index in [2.05, 4.69) is 26.0 Å². The molecule has 2 atom stereocenters. The Morgan fingerprint density at radius 2 is 1.00 bits per heavy atom. The lowest BCUT2D eigenvalue weighted by atomic mass is 10.0. The number of carbonyl (C=O) groups is 1. The van der Waals surface area contributed by atoms with Gasteiger partial charge in [-0.15, -0.1) is 0 Å². The summed E-state index contributed by atoms with van der Waals surface area (Å²) in [5, 5.41) is 0. The van der Waals surface area contributed by atoms with Crippen molar-refractivity contribution in [3.8, 4) is 0 Å². The van der Waals surface area contributed by atoms with Crippen LogP contribution in [0.2, 0.25) is 0 Å². The summed E-state index contributed by atoms with van der Waals surface area (Å²) in [5.41, 5.74) is 5.36. The van der Waals surface area contributed by atoms with E-state index in [4.69, 9.17) is 24.3 Å². The number of ether oxygens (including phenoxy) is 2. The molecule has 9 heteroatoms. The Bertz CT molecular complexity index is 782. The number of allylic oxidation sites excluding steroid dienone is 2.